The lowest BCUT2D eigenvalue weighted by Gasteiger charge is -2.06. The van der Waals surface area contributed by atoms with Gasteiger partial charge in [-0.15, -0.1) is 11.8 Å². The molecule has 0 radical (unpaired) electrons. The number of H-pyrrole nitrogens is 1. The number of aromatic nitrogens is 3. The summed E-state index contributed by atoms with van der Waals surface area (Å²) in [7, 11) is 0. The van der Waals surface area contributed by atoms with Crippen molar-refractivity contribution in [2.24, 2.45) is 0 Å². The number of nitrogens with one attached hydrogen (secondary N) is 1. The van der Waals surface area contributed by atoms with E-state index >= 15 is 0 Å². The lowest BCUT2D eigenvalue weighted by atomic mass is 10.0. The molecule has 2 aromatic heterocycles. The quantitative estimate of drug-likeness (QED) is 0.671. The van der Waals surface area contributed by atoms with E-state index in [-0.39, 0.29) is 5.92 Å². The van der Waals surface area contributed by atoms with Crippen molar-refractivity contribution in [3.05, 3.63) is 51.9 Å². The van der Waals surface area contributed by atoms with Gasteiger partial charge < -0.3 is 4.98 Å². The molecular formula is C14H9Cl2N3S. The Balaban J connectivity index is 1.84. The van der Waals surface area contributed by atoms with Crippen molar-refractivity contribution < 1.29 is 0 Å². The summed E-state index contributed by atoms with van der Waals surface area (Å²) in [6, 6.07) is 10.2. The Kier molecular flexibility index (Phi) is 2.91. The van der Waals surface area contributed by atoms with Gasteiger partial charge in [0, 0.05) is 10.6 Å². The molecule has 1 aliphatic rings. The Hall–Kier alpha value is -1.23. The average molecular weight is 322 g/mol. The maximum Gasteiger partial charge on any atom is 0.179 e. The maximum atomic E-state index is 5.99. The Bertz CT molecular complexity index is 776. The van der Waals surface area contributed by atoms with Crippen LogP contribution in [0.5, 0.6) is 0 Å². The second kappa shape index (κ2) is 4.65. The van der Waals surface area contributed by atoms with Gasteiger partial charge in [-0.25, -0.2) is 9.97 Å². The number of nitrogens with zero attached hydrogens (tertiary/aromatic N) is 2. The van der Waals surface area contributed by atoms with Crippen molar-refractivity contribution in [1.29, 1.82) is 0 Å². The standard InChI is InChI=1S/C14H9Cl2N3S/c15-9-5-10-14(18-12(9)16)19-13(17-10)8-6-20-11-4-2-1-3-7(8)11/h1-5,8H,6H2,(H,17,18,19). The molecule has 1 aromatic carbocycles. The third kappa shape index (κ3) is 1.91. The summed E-state index contributed by atoms with van der Waals surface area (Å²) >= 11 is 13.8. The summed E-state index contributed by atoms with van der Waals surface area (Å²) in [6.45, 7) is 0. The van der Waals surface area contributed by atoms with Crippen LogP contribution in [-0.2, 0) is 0 Å². The molecule has 0 saturated carbocycles. The van der Waals surface area contributed by atoms with E-state index in [0.29, 0.717) is 15.8 Å². The van der Waals surface area contributed by atoms with E-state index in [1.54, 1.807) is 6.07 Å². The van der Waals surface area contributed by atoms with Gasteiger partial charge in [-0.05, 0) is 17.7 Å². The molecule has 1 aliphatic heterocycles. The summed E-state index contributed by atoms with van der Waals surface area (Å²) in [5.41, 5.74) is 2.75. The van der Waals surface area contributed by atoms with Gasteiger partial charge in [0.15, 0.2) is 5.65 Å². The number of hydrogen-bond donors (Lipinski definition) is 1. The molecule has 3 heterocycles. The lowest BCUT2D eigenvalue weighted by Crippen LogP contribution is -2.01. The van der Waals surface area contributed by atoms with Gasteiger partial charge >= 0.3 is 0 Å². The van der Waals surface area contributed by atoms with E-state index in [1.165, 1.54) is 10.5 Å². The van der Waals surface area contributed by atoms with Crippen LogP contribution in [0.4, 0.5) is 0 Å². The van der Waals surface area contributed by atoms with Crippen LogP contribution in [0.25, 0.3) is 11.2 Å². The fourth-order valence-corrected chi connectivity index (χ4v) is 3.99. The predicted molar refractivity (Wildman–Crippen MR) is 82.9 cm³/mol. The van der Waals surface area contributed by atoms with Crippen molar-refractivity contribution in [2.75, 3.05) is 5.75 Å². The normalized spacial score (nSPS) is 17.6. The van der Waals surface area contributed by atoms with Gasteiger partial charge in [-0.3, -0.25) is 0 Å². The highest BCUT2D eigenvalue weighted by Gasteiger charge is 2.27. The zero-order chi connectivity index (χ0) is 13.7. The van der Waals surface area contributed by atoms with Crippen molar-refractivity contribution in [3.8, 4) is 0 Å². The number of rotatable bonds is 1. The first kappa shape index (κ1) is 12.5. The molecule has 1 N–H and O–H groups in total. The molecule has 0 spiro atoms. The highest BCUT2D eigenvalue weighted by atomic mass is 35.5. The lowest BCUT2D eigenvalue weighted by molar-refractivity contribution is 0.857. The van der Waals surface area contributed by atoms with Crippen LogP contribution in [0.15, 0.2) is 35.2 Å². The zero-order valence-corrected chi connectivity index (χ0v) is 12.6. The van der Waals surface area contributed by atoms with Gasteiger partial charge in [0.25, 0.3) is 0 Å². The molecule has 0 fully saturated rings. The summed E-state index contributed by atoms with van der Waals surface area (Å²) in [6.07, 6.45) is 0. The third-order valence-corrected chi connectivity index (χ3v) is 5.29. The van der Waals surface area contributed by atoms with E-state index < -0.39 is 0 Å². The smallest absolute Gasteiger partial charge is 0.179 e. The third-order valence-electron chi connectivity index (χ3n) is 3.43. The maximum absolute atomic E-state index is 5.99. The molecule has 0 saturated heterocycles. The largest absolute Gasteiger partial charge is 0.340 e. The van der Waals surface area contributed by atoms with Crippen molar-refractivity contribution in [3.63, 3.8) is 0 Å². The van der Waals surface area contributed by atoms with Crippen molar-refractivity contribution in [1.82, 2.24) is 15.0 Å². The Morgan fingerprint density at radius 2 is 2.05 bits per heavy atom. The minimum absolute atomic E-state index is 0.267. The molecule has 4 rings (SSSR count). The zero-order valence-electron chi connectivity index (χ0n) is 10.2. The van der Waals surface area contributed by atoms with Crippen LogP contribution in [0, 0.1) is 0 Å². The number of halogens is 2. The minimum Gasteiger partial charge on any atom is -0.340 e. The minimum atomic E-state index is 0.267. The molecule has 6 heteroatoms. The topological polar surface area (TPSA) is 41.6 Å². The Morgan fingerprint density at radius 3 is 2.95 bits per heavy atom. The van der Waals surface area contributed by atoms with Crippen LogP contribution < -0.4 is 0 Å². The number of thioether (sulfide) groups is 1. The van der Waals surface area contributed by atoms with Crippen molar-refractivity contribution >= 4 is 46.1 Å². The number of aromatic amines is 1. The molecule has 0 bridgehead atoms. The Morgan fingerprint density at radius 1 is 1.20 bits per heavy atom. The average Bonchev–Trinajstić information content (AvgIpc) is 3.02. The van der Waals surface area contributed by atoms with E-state index in [2.05, 4.69) is 39.2 Å². The van der Waals surface area contributed by atoms with Crippen LogP contribution in [0.2, 0.25) is 10.2 Å². The first-order chi connectivity index (χ1) is 9.72. The molecule has 0 aliphatic carbocycles. The van der Waals surface area contributed by atoms with Crippen LogP contribution in [-0.4, -0.2) is 20.7 Å². The first-order valence-corrected chi connectivity index (χ1v) is 7.90. The molecule has 1 atom stereocenters. The van der Waals surface area contributed by atoms with Crippen molar-refractivity contribution in [2.45, 2.75) is 10.8 Å². The summed E-state index contributed by atoms with van der Waals surface area (Å²) in [4.78, 5) is 13.4. The summed E-state index contributed by atoms with van der Waals surface area (Å²) in [5, 5.41) is 0.731. The van der Waals surface area contributed by atoms with Gasteiger partial charge in [-0.2, -0.15) is 0 Å². The van der Waals surface area contributed by atoms with E-state index in [0.717, 1.165) is 17.1 Å². The SMILES string of the molecule is Clc1cc2[nH]c(C3CSc4ccccc43)nc2nc1Cl. The number of imidazole rings is 1. The Labute approximate surface area is 129 Å². The van der Waals surface area contributed by atoms with Crippen LogP contribution in [0.1, 0.15) is 17.3 Å². The molecular weight excluding hydrogens is 313 g/mol. The highest BCUT2D eigenvalue weighted by Crippen LogP contribution is 2.42. The number of benzene rings is 1. The summed E-state index contributed by atoms with van der Waals surface area (Å²) in [5.74, 6) is 2.17. The van der Waals surface area contributed by atoms with Crippen LogP contribution in [0.3, 0.4) is 0 Å². The first-order valence-electron chi connectivity index (χ1n) is 6.16. The predicted octanol–water partition coefficient (Wildman–Crippen LogP) is 4.50. The molecule has 3 nitrogen and oxygen atoms in total. The molecule has 1 unspecified atom stereocenters. The fourth-order valence-electron chi connectivity index (χ4n) is 2.47. The molecule has 0 amide bonds. The molecule has 100 valence electrons. The molecule has 20 heavy (non-hydrogen) atoms. The van der Waals surface area contributed by atoms with E-state index in [9.17, 15) is 0 Å². The van der Waals surface area contributed by atoms with E-state index in [1.807, 2.05) is 11.8 Å². The summed E-state index contributed by atoms with van der Waals surface area (Å²) < 4.78 is 0. The van der Waals surface area contributed by atoms with Crippen LogP contribution >= 0.6 is 35.0 Å². The van der Waals surface area contributed by atoms with Gasteiger partial charge in [0.1, 0.15) is 11.0 Å². The second-order valence-corrected chi connectivity index (χ2v) is 6.48. The van der Waals surface area contributed by atoms with Gasteiger partial charge in [0.2, 0.25) is 0 Å². The van der Waals surface area contributed by atoms with Gasteiger partial charge in [-0.1, -0.05) is 41.4 Å². The second-order valence-electron chi connectivity index (χ2n) is 4.66. The highest BCUT2D eigenvalue weighted by molar-refractivity contribution is 7.99. The number of pyridine rings is 1. The molecule has 3 aromatic rings. The fraction of sp³-hybridized carbons (Fsp3) is 0.143. The number of fused-ring (bicyclic) bond motifs is 2. The van der Waals surface area contributed by atoms with Gasteiger partial charge in [0.05, 0.1) is 16.5 Å². The number of hydrogen-bond acceptors (Lipinski definition) is 3. The monoisotopic (exact) mass is 321 g/mol. The van der Waals surface area contributed by atoms with E-state index in [4.69, 9.17) is 23.2 Å².